The summed E-state index contributed by atoms with van der Waals surface area (Å²) in [4.78, 5) is 0. The monoisotopic (exact) mass is 259 g/mol. The van der Waals surface area contributed by atoms with Crippen LogP contribution in [0.1, 0.15) is 30.4 Å². The van der Waals surface area contributed by atoms with Crippen LogP contribution >= 0.6 is 0 Å². The highest BCUT2D eigenvalue weighted by Gasteiger charge is 2.37. The van der Waals surface area contributed by atoms with Gasteiger partial charge in [-0.2, -0.15) is 13.2 Å². The van der Waals surface area contributed by atoms with Crippen molar-refractivity contribution >= 4 is 0 Å². The average molecular weight is 259 g/mol. The first kappa shape index (κ1) is 13.4. The van der Waals surface area contributed by atoms with Crippen molar-refractivity contribution in [1.29, 1.82) is 0 Å². The molecular formula is C13H16F3NO. The molecule has 1 aliphatic heterocycles. The van der Waals surface area contributed by atoms with Crippen molar-refractivity contribution in [2.24, 2.45) is 0 Å². The van der Waals surface area contributed by atoms with Crippen molar-refractivity contribution in [3.05, 3.63) is 35.4 Å². The second-order valence-electron chi connectivity index (χ2n) is 4.99. The zero-order valence-electron chi connectivity index (χ0n) is 10.1. The Bertz CT molecular complexity index is 428. The third kappa shape index (κ3) is 2.67. The zero-order valence-corrected chi connectivity index (χ0v) is 10.1. The molecule has 1 aromatic carbocycles. The van der Waals surface area contributed by atoms with E-state index in [2.05, 4.69) is 5.32 Å². The van der Waals surface area contributed by atoms with E-state index in [1.807, 2.05) is 0 Å². The van der Waals surface area contributed by atoms with Crippen LogP contribution in [0.3, 0.4) is 0 Å². The van der Waals surface area contributed by atoms with Crippen LogP contribution in [0.15, 0.2) is 24.3 Å². The molecule has 2 rings (SSSR count). The lowest BCUT2D eigenvalue weighted by molar-refractivity contribution is -0.137. The lowest BCUT2D eigenvalue weighted by Gasteiger charge is -2.38. The van der Waals surface area contributed by atoms with Crippen LogP contribution in [0.5, 0.6) is 0 Å². The first-order valence-electron chi connectivity index (χ1n) is 5.91. The minimum absolute atomic E-state index is 0.312. The fourth-order valence-corrected chi connectivity index (χ4v) is 2.39. The van der Waals surface area contributed by atoms with Gasteiger partial charge in [-0.15, -0.1) is 0 Å². The number of hydrogen-bond acceptors (Lipinski definition) is 2. The Kier molecular flexibility index (Phi) is 3.38. The highest BCUT2D eigenvalue weighted by molar-refractivity contribution is 5.30. The summed E-state index contributed by atoms with van der Waals surface area (Å²) in [5.41, 5.74) is -1.10. The molecule has 0 radical (unpaired) electrons. The quantitative estimate of drug-likeness (QED) is 0.812. The summed E-state index contributed by atoms with van der Waals surface area (Å²) < 4.78 is 37.9. The van der Waals surface area contributed by atoms with Crippen LogP contribution in [0.4, 0.5) is 13.2 Å². The Morgan fingerprint density at radius 3 is 2.72 bits per heavy atom. The SMILES string of the molecule is CC1(O)CCNCC1c1cccc(C(F)(F)F)c1. The summed E-state index contributed by atoms with van der Waals surface area (Å²) in [6.07, 6.45) is -3.81. The van der Waals surface area contributed by atoms with Gasteiger partial charge in [-0.25, -0.2) is 0 Å². The van der Waals surface area contributed by atoms with Crippen molar-refractivity contribution < 1.29 is 18.3 Å². The number of nitrogens with one attached hydrogen (secondary N) is 1. The Labute approximate surface area is 104 Å². The van der Waals surface area contributed by atoms with Gasteiger partial charge in [-0.3, -0.25) is 0 Å². The largest absolute Gasteiger partial charge is 0.416 e. The van der Waals surface area contributed by atoms with E-state index in [1.54, 1.807) is 13.0 Å². The summed E-state index contributed by atoms with van der Waals surface area (Å²) in [6, 6.07) is 5.21. The van der Waals surface area contributed by atoms with E-state index in [1.165, 1.54) is 6.07 Å². The predicted octanol–water partition coefficient (Wildman–Crippen LogP) is 2.53. The van der Waals surface area contributed by atoms with E-state index in [4.69, 9.17) is 0 Å². The molecule has 2 N–H and O–H groups in total. The van der Waals surface area contributed by atoms with E-state index < -0.39 is 17.3 Å². The molecule has 0 aromatic heterocycles. The van der Waals surface area contributed by atoms with Crippen molar-refractivity contribution in [3.8, 4) is 0 Å². The minimum Gasteiger partial charge on any atom is -0.389 e. The fraction of sp³-hybridized carbons (Fsp3) is 0.538. The summed E-state index contributed by atoms with van der Waals surface area (Å²) in [5, 5.41) is 13.4. The summed E-state index contributed by atoms with van der Waals surface area (Å²) >= 11 is 0. The molecule has 2 nitrogen and oxygen atoms in total. The zero-order chi connectivity index (χ0) is 13.4. The average Bonchev–Trinajstić information content (AvgIpc) is 2.27. The number of alkyl halides is 3. The molecule has 5 heteroatoms. The topological polar surface area (TPSA) is 32.3 Å². The second kappa shape index (κ2) is 4.55. The maximum Gasteiger partial charge on any atom is 0.416 e. The van der Waals surface area contributed by atoms with E-state index in [9.17, 15) is 18.3 Å². The number of halogens is 3. The van der Waals surface area contributed by atoms with Gasteiger partial charge in [0.2, 0.25) is 0 Å². The van der Waals surface area contributed by atoms with Crippen molar-refractivity contribution in [2.75, 3.05) is 13.1 Å². The molecule has 2 atom stereocenters. The van der Waals surface area contributed by atoms with E-state index >= 15 is 0 Å². The number of hydrogen-bond donors (Lipinski definition) is 2. The minimum atomic E-state index is -4.34. The van der Waals surface area contributed by atoms with Crippen LogP contribution in [0, 0.1) is 0 Å². The Morgan fingerprint density at radius 1 is 1.39 bits per heavy atom. The molecular weight excluding hydrogens is 243 g/mol. The molecule has 0 saturated carbocycles. The van der Waals surface area contributed by atoms with E-state index in [0.29, 0.717) is 25.1 Å². The van der Waals surface area contributed by atoms with Gasteiger partial charge in [-0.1, -0.05) is 18.2 Å². The maximum atomic E-state index is 12.6. The molecule has 1 heterocycles. The molecule has 1 aromatic rings. The van der Waals surface area contributed by atoms with Crippen molar-refractivity contribution in [3.63, 3.8) is 0 Å². The number of benzene rings is 1. The molecule has 1 aliphatic rings. The molecule has 1 saturated heterocycles. The smallest absolute Gasteiger partial charge is 0.389 e. The van der Waals surface area contributed by atoms with Crippen molar-refractivity contribution in [2.45, 2.75) is 31.0 Å². The van der Waals surface area contributed by atoms with Crippen LogP contribution < -0.4 is 5.32 Å². The number of piperidine rings is 1. The predicted molar refractivity (Wildman–Crippen MR) is 62.3 cm³/mol. The lowest BCUT2D eigenvalue weighted by Crippen LogP contribution is -2.46. The molecule has 1 fully saturated rings. The van der Waals surface area contributed by atoms with Crippen LogP contribution in [-0.2, 0) is 6.18 Å². The number of rotatable bonds is 1. The first-order valence-corrected chi connectivity index (χ1v) is 5.91. The van der Waals surface area contributed by atoms with Crippen LogP contribution in [-0.4, -0.2) is 23.8 Å². The lowest BCUT2D eigenvalue weighted by atomic mass is 9.78. The van der Waals surface area contributed by atoms with Gasteiger partial charge in [0.25, 0.3) is 0 Å². The molecule has 18 heavy (non-hydrogen) atoms. The van der Waals surface area contributed by atoms with Gasteiger partial charge < -0.3 is 10.4 Å². The van der Waals surface area contributed by atoms with E-state index in [0.717, 1.165) is 12.1 Å². The van der Waals surface area contributed by atoms with Crippen LogP contribution in [0.2, 0.25) is 0 Å². The third-order valence-electron chi connectivity index (χ3n) is 3.52. The normalized spacial score (nSPS) is 29.3. The van der Waals surface area contributed by atoms with Crippen LogP contribution in [0.25, 0.3) is 0 Å². The number of aliphatic hydroxyl groups is 1. The van der Waals surface area contributed by atoms with Gasteiger partial charge in [0.1, 0.15) is 0 Å². The fourth-order valence-electron chi connectivity index (χ4n) is 2.39. The third-order valence-corrected chi connectivity index (χ3v) is 3.52. The van der Waals surface area contributed by atoms with E-state index in [-0.39, 0.29) is 5.92 Å². The van der Waals surface area contributed by atoms with Crippen molar-refractivity contribution in [1.82, 2.24) is 5.32 Å². The molecule has 0 spiro atoms. The standard InChI is InChI=1S/C13H16F3NO/c1-12(18)5-6-17-8-11(12)9-3-2-4-10(7-9)13(14,15)16/h2-4,7,11,17-18H,5-6,8H2,1H3. The summed E-state index contributed by atoms with van der Waals surface area (Å²) in [5.74, 6) is -0.312. The second-order valence-corrected chi connectivity index (χ2v) is 4.99. The summed E-state index contributed by atoms with van der Waals surface area (Å²) in [7, 11) is 0. The highest BCUT2D eigenvalue weighted by Crippen LogP contribution is 2.36. The Balaban J connectivity index is 2.33. The molecule has 100 valence electrons. The van der Waals surface area contributed by atoms with Gasteiger partial charge in [0.15, 0.2) is 0 Å². The molecule has 0 aliphatic carbocycles. The van der Waals surface area contributed by atoms with Gasteiger partial charge >= 0.3 is 6.18 Å². The maximum absolute atomic E-state index is 12.6. The summed E-state index contributed by atoms with van der Waals surface area (Å²) in [6.45, 7) is 2.86. The highest BCUT2D eigenvalue weighted by atomic mass is 19.4. The van der Waals surface area contributed by atoms with Gasteiger partial charge in [-0.05, 0) is 31.5 Å². The Hall–Kier alpha value is -1.07. The van der Waals surface area contributed by atoms with Gasteiger partial charge in [0, 0.05) is 12.5 Å². The molecule has 2 unspecified atom stereocenters. The Morgan fingerprint density at radius 2 is 2.11 bits per heavy atom. The molecule has 0 amide bonds. The van der Waals surface area contributed by atoms with Gasteiger partial charge in [0.05, 0.1) is 11.2 Å². The molecule has 0 bridgehead atoms. The first-order chi connectivity index (χ1) is 8.31.